The van der Waals surface area contributed by atoms with Gasteiger partial charge in [0.15, 0.2) is 0 Å². The molecule has 2 rings (SSSR count). The predicted molar refractivity (Wildman–Crippen MR) is 76.7 cm³/mol. The second kappa shape index (κ2) is 7.04. The first-order chi connectivity index (χ1) is 9.60. The van der Waals surface area contributed by atoms with Crippen LogP contribution in [-0.2, 0) is 9.59 Å². The number of piperidine rings is 1. The van der Waals surface area contributed by atoms with Crippen LogP contribution >= 0.6 is 0 Å². The second-order valence-electron chi connectivity index (χ2n) is 6.06. The predicted octanol–water partition coefficient (Wildman–Crippen LogP) is -0.573. The minimum absolute atomic E-state index is 0.101. The molecule has 6 heteroatoms. The molecule has 2 atom stereocenters. The zero-order chi connectivity index (χ0) is 14.5. The minimum Gasteiger partial charge on any atom is -0.369 e. The third-order valence-corrected chi connectivity index (χ3v) is 4.61. The lowest BCUT2D eigenvalue weighted by molar-refractivity contribution is -0.127. The van der Waals surface area contributed by atoms with Crippen molar-refractivity contribution in [1.82, 2.24) is 10.2 Å². The van der Waals surface area contributed by atoms with Crippen molar-refractivity contribution < 1.29 is 9.59 Å². The standard InChI is InChI=1S/C14H26N4O2/c15-8-10-2-1-3-12(10)14(20)17-11-4-6-18(7-5-11)9-13(16)19/h10-12H,1-9,15H2,(H2,16,19)(H,17,20). The number of primary amides is 1. The molecular formula is C14H26N4O2. The van der Waals surface area contributed by atoms with E-state index in [4.69, 9.17) is 11.5 Å². The molecule has 0 spiro atoms. The van der Waals surface area contributed by atoms with Gasteiger partial charge < -0.3 is 16.8 Å². The van der Waals surface area contributed by atoms with Crippen LogP contribution < -0.4 is 16.8 Å². The van der Waals surface area contributed by atoms with Crippen molar-refractivity contribution in [2.75, 3.05) is 26.2 Å². The molecule has 6 nitrogen and oxygen atoms in total. The highest BCUT2D eigenvalue weighted by molar-refractivity contribution is 5.79. The highest BCUT2D eigenvalue weighted by Gasteiger charge is 2.33. The molecule has 2 unspecified atom stereocenters. The molecule has 114 valence electrons. The van der Waals surface area contributed by atoms with Crippen molar-refractivity contribution in [2.45, 2.75) is 38.1 Å². The molecule has 1 heterocycles. The average molecular weight is 282 g/mol. The fourth-order valence-electron chi connectivity index (χ4n) is 3.43. The molecule has 0 aromatic rings. The maximum absolute atomic E-state index is 12.3. The lowest BCUT2D eigenvalue weighted by Crippen LogP contribution is -2.48. The molecule has 1 saturated carbocycles. The summed E-state index contributed by atoms with van der Waals surface area (Å²) in [5.41, 5.74) is 10.9. The van der Waals surface area contributed by atoms with Crippen LogP contribution in [0.3, 0.4) is 0 Å². The van der Waals surface area contributed by atoms with E-state index in [1.54, 1.807) is 0 Å². The van der Waals surface area contributed by atoms with Gasteiger partial charge in [-0.15, -0.1) is 0 Å². The number of amides is 2. The van der Waals surface area contributed by atoms with Gasteiger partial charge in [0.2, 0.25) is 11.8 Å². The first-order valence-electron chi connectivity index (χ1n) is 7.61. The number of likely N-dealkylation sites (tertiary alicyclic amines) is 1. The maximum atomic E-state index is 12.3. The number of rotatable bonds is 5. The van der Waals surface area contributed by atoms with Gasteiger partial charge in [-0.05, 0) is 38.1 Å². The summed E-state index contributed by atoms with van der Waals surface area (Å²) in [6.07, 6.45) is 4.93. The summed E-state index contributed by atoms with van der Waals surface area (Å²) in [6.45, 7) is 2.56. The van der Waals surface area contributed by atoms with Gasteiger partial charge in [0.1, 0.15) is 0 Å². The molecule has 20 heavy (non-hydrogen) atoms. The molecule has 0 bridgehead atoms. The fraction of sp³-hybridized carbons (Fsp3) is 0.857. The van der Waals surface area contributed by atoms with E-state index in [0.29, 0.717) is 19.0 Å². The largest absolute Gasteiger partial charge is 0.369 e. The Labute approximate surface area is 120 Å². The summed E-state index contributed by atoms with van der Waals surface area (Å²) in [5.74, 6) is 0.337. The van der Waals surface area contributed by atoms with Crippen molar-refractivity contribution in [2.24, 2.45) is 23.3 Å². The Hall–Kier alpha value is -1.14. The number of nitrogens with zero attached hydrogens (tertiary/aromatic N) is 1. The van der Waals surface area contributed by atoms with E-state index in [9.17, 15) is 9.59 Å². The Kier molecular flexibility index (Phi) is 5.37. The molecule has 2 amide bonds. The normalized spacial score (nSPS) is 28.4. The zero-order valence-corrected chi connectivity index (χ0v) is 12.0. The van der Waals surface area contributed by atoms with E-state index in [1.807, 2.05) is 4.90 Å². The van der Waals surface area contributed by atoms with Crippen LogP contribution in [0.5, 0.6) is 0 Å². The summed E-state index contributed by atoms with van der Waals surface area (Å²) in [6, 6.07) is 0.227. The van der Waals surface area contributed by atoms with Crippen LogP contribution in [0.4, 0.5) is 0 Å². The summed E-state index contributed by atoms with van der Waals surface area (Å²) >= 11 is 0. The van der Waals surface area contributed by atoms with E-state index in [0.717, 1.165) is 45.2 Å². The Morgan fingerprint density at radius 1 is 1.15 bits per heavy atom. The van der Waals surface area contributed by atoms with Crippen molar-refractivity contribution >= 4 is 11.8 Å². The molecule has 0 aromatic heterocycles. The summed E-state index contributed by atoms with van der Waals surface area (Å²) in [4.78, 5) is 25.2. The highest BCUT2D eigenvalue weighted by Crippen LogP contribution is 2.31. The molecular weight excluding hydrogens is 256 g/mol. The lowest BCUT2D eigenvalue weighted by Gasteiger charge is -2.32. The van der Waals surface area contributed by atoms with Crippen molar-refractivity contribution in [3.05, 3.63) is 0 Å². The number of hydrogen-bond donors (Lipinski definition) is 3. The first kappa shape index (κ1) is 15.3. The number of hydrogen-bond acceptors (Lipinski definition) is 4. The number of carbonyl (C=O) groups excluding carboxylic acids is 2. The fourth-order valence-corrected chi connectivity index (χ4v) is 3.43. The minimum atomic E-state index is -0.288. The quantitative estimate of drug-likeness (QED) is 0.628. The Balaban J connectivity index is 1.75. The lowest BCUT2D eigenvalue weighted by atomic mass is 9.94. The van der Waals surface area contributed by atoms with Crippen LogP contribution in [0.15, 0.2) is 0 Å². The van der Waals surface area contributed by atoms with Crippen molar-refractivity contribution in [3.8, 4) is 0 Å². The van der Waals surface area contributed by atoms with Crippen molar-refractivity contribution in [1.29, 1.82) is 0 Å². The second-order valence-corrected chi connectivity index (χ2v) is 6.06. The highest BCUT2D eigenvalue weighted by atomic mass is 16.2. The third kappa shape index (κ3) is 3.93. The van der Waals surface area contributed by atoms with E-state index < -0.39 is 0 Å². The molecule has 1 aliphatic heterocycles. The molecule has 2 fully saturated rings. The molecule has 1 aliphatic carbocycles. The van der Waals surface area contributed by atoms with Gasteiger partial charge in [-0.2, -0.15) is 0 Å². The maximum Gasteiger partial charge on any atom is 0.231 e. The van der Waals surface area contributed by atoms with Crippen molar-refractivity contribution in [3.63, 3.8) is 0 Å². The monoisotopic (exact) mass is 282 g/mol. The van der Waals surface area contributed by atoms with Gasteiger partial charge in [-0.3, -0.25) is 14.5 Å². The number of nitrogens with one attached hydrogen (secondary N) is 1. The van der Waals surface area contributed by atoms with Gasteiger partial charge in [0, 0.05) is 25.0 Å². The molecule has 5 N–H and O–H groups in total. The average Bonchev–Trinajstić information content (AvgIpc) is 2.89. The number of carbonyl (C=O) groups is 2. The molecule has 1 saturated heterocycles. The van der Waals surface area contributed by atoms with E-state index in [2.05, 4.69) is 5.32 Å². The third-order valence-electron chi connectivity index (χ3n) is 4.61. The van der Waals surface area contributed by atoms with Crippen LogP contribution in [0.1, 0.15) is 32.1 Å². The van der Waals surface area contributed by atoms with Crippen LogP contribution in [-0.4, -0.2) is 48.9 Å². The molecule has 0 radical (unpaired) electrons. The summed E-state index contributed by atoms with van der Waals surface area (Å²) in [5, 5.41) is 3.16. The first-order valence-corrected chi connectivity index (χ1v) is 7.61. The van der Waals surface area contributed by atoms with Gasteiger partial charge in [0.05, 0.1) is 6.54 Å². The molecule has 2 aliphatic rings. The van der Waals surface area contributed by atoms with Crippen LogP contribution in [0, 0.1) is 11.8 Å². The SMILES string of the molecule is NCC1CCCC1C(=O)NC1CCN(CC(N)=O)CC1. The van der Waals surface area contributed by atoms with E-state index in [1.165, 1.54) is 0 Å². The van der Waals surface area contributed by atoms with Gasteiger partial charge >= 0.3 is 0 Å². The van der Waals surface area contributed by atoms with Gasteiger partial charge in [-0.1, -0.05) is 6.42 Å². The van der Waals surface area contributed by atoms with E-state index >= 15 is 0 Å². The molecule has 0 aromatic carbocycles. The zero-order valence-electron chi connectivity index (χ0n) is 12.0. The number of nitrogens with two attached hydrogens (primary N) is 2. The van der Waals surface area contributed by atoms with Gasteiger partial charge in [-0.25, -0.2) is 0 Å². The Morgan fingerprint density at radius 2 is 1.85 bits per heavy atom. The summed E-state index contributed by atoms with van der Waals surface area (Å²) in [7, 11) is 0. The smallest absolute Gasteiger partial charge is 0.231 e. The van der Waals surface area contributed by atoms with E-state index in [-0.39, 0.29) is 23.8 Å². The topological polar surface area (TPSA) is 101 Å². The Morgan fingerprint density at radius 3 is 2.45 bits per heavy atom. The van der Waals surface area contributed by atoms with Gasteiger partial charge in [0.25, 0.3) is 0 Å². The summed E-state index contributed by atoms with van der Waals surface area (Å²) < 4.78 is 0. The van der Waals surface area contributed by atoms with Crippen LogP contribution in [0.2, 0.25) is 0 Å². The Bertz CT molecular complexity index is 353. The van der Waals surface area contributed by atoms with Crippen LogP contribution in [0.25, 0.3) is 0 Å².